The van der Waals surface area contributed by atoms with Crippen molar-refractivity contribution in [2.45, 2.75) is 4.90 Å². The van der Waals surface area contributed by atoms with E-state index in [1.165, 1.54) is 36.4 Å². The number of carbonyl (C=O) groups excluding carboxylic acids is 1. The van der Waals surface area contributed by atoms with Crippen LogP contribution in [0.4, 0.5) is 10.1 Å². The number of nitrogens with zero attached hydrogens (tertiary/aromatic N) is 2. The van der Waals surface area contributed by atoms with Crippen molar-refractivity contribution in [1.29, 1.82) is 0 Å². The van der Waals surface area contributed by atoms with Gasteiger partial charge in [-0.1, -0.05) is 36.4 Å². The molecule has 0 heterocycles. The second-order valence-corrected chi connectivity index (χ2v) is 8.35. The van der Waals surface area contributed by atoms with Gasteiger partial charge in [-0.3, -0.25) is 9.10 Å². The van der Waals surface area contributed by atoms with Crippen LogP contribution in [0.15, 0.2) is 88.9 Å². The molecule has 1 amide bonds. The van der Waals surface area contributed by atoms with Crippen molar-refractivity contribution in [3.63, 3.8) is 0 Å². The average molecular weight is 455 g/mol. The maximum absolute atomic E-state index is 13.3. The Balaban J connectivity index is 1.83. The molecule has 3 aromatic carbocycles. The molecule has 0 unspecified atom stereocenters. The zero-order valence-corrected chi connectivity index (χ0v) is 17.4. The SMILES string of the molecule is O=C(CN(c1ccc(F)cc1)S(=O)(=O)c1ccccc1)N/N=C\c1ccccc1C(=O)O. The van der Waals surface area contributed by atoms with E-state index in [2.05, 4.69) is 10.5 Å². The van der Waals surface area contributed by atoms with Crippen LogP contribution in [-0.4, -0.2) is 38.2 Å². The number of aromatic carboxylic acids is 1. The van der Waals surface area contributed by atoms with Gasteiger partial charge in [0.25, 0.3) is 15.9 Å². The number of carboxylic acids is 1. The molecule has 0 aromatic heterocycles. The van der Waals surface area contributed by atoms with Gasteiger partial charge in [-0.05, 0) is 42.5 Å². The molecular formula is C22H18FN3O5S. The van der Waals surface area contributed by atoms with Crippen LogP contribution in [0.1, 0.15) is 15.9 Å². The number of sulfonamides is 1. The standard InChI is InChI=1S/C22H18FN3O5S/c23-17-10-12-18(13-11-17)26(32(30,31)19-7-2-1-3-8-19)15-21(27)25-24-14-16-6-4-5-9-20(16)22(28)29/h1-14H,15H2,(H,25,27)(H,28,29)/b24-14-. The second-order valence-electron chi connectivity index (χ2n) is 6.49. The molecule has 0 bridgehead atoms. The van der Waals surface area contributed by atoms with Crippen molar-refractivity contribution in [1.82, 2.24) is 5.43 Å². The van der Waals surface area contributed by atoms with Crippen molar-refractivity contribution in [2.24, 2.45) is 5.10 Å². The molecule has 10 heteroatoms. The molecule has 8 nitrogen and oxygen atoms in total. The van der Waals surface area contributed by atoms with Gasteiger partial charge in [-0.25, -0.2) is 23.0 Å². The van der Waals surface area contributed by atoms with Crippen molar-refractivity contribution >= 4 is 33.8 Å². The molecule has 0 spiro atoms. The number of benzene rings is 3. The lowest BCUT2D eigenvalue weighted by molar-refractivity contribution is -0.119. The summed E-state index contributed by atoms with van der Waals surface area (Å²) in [5, 5.41) is 12.9. The third-order valence-electron chi connectivity index (χ3n) is 4.32. The number of rotatable bonds is 8. The third-order valence-corrected chi connectivity index (χ3v) is 6.11. The quantitative estimate of drug-likeness (QED) is 0.400. The lowest BCUT2D eigenvalue weighted by Gasteiger charge is -2.23. The molecule has 0 fully saturated rings. The summed E-state index contributed by atoms with van der Waals surface area (Å²) in [4.78, 5) is 23.7. The van der Waals surface area contributed by atoms with E-state index >= 15 is 0 Å². The van der Waals surface area contributed by atoms with Crippen LogP contribution in [0.25, 0.3) is 0 Å². The predicted octanol–water partition coefficient (Wildman–Crippen LogP) is 2.87. The Kier molecular flexibility index (Phi) is 6.96. The maximum atomic E-state index is 13.3. The molecule has 0 aliphatic carbocycles. The summed E-state index contributed by atoms with van der Waals surface area (Å²) < 4.78 is 40.4. The summed E-state index contributed by atoms with van der Waals surface area (Å²) in [6, 6.07) is 18.2. The molecular weight excluding hydrogens is 437 g/mol. The van der Waals surface area contributed by atoms with Gasteiger partial charge in [-0.15, -0.1) is 0 Å². The summed E-state index contributed by atoms with van der Waals surface area (Å²) in [6.07, 6.45) is 1.15. The normalized spacial score (nSPS) is 11.3. The van der Waals surface area contributed by atoms with E-state index < -0.39 is 34.3 Å². The van der Waals surface area contributed by atoms with E-state index in [9.17, 15) is 27.5 Å². The van der Waals surface area contributed by atoms with Gasteiger partial charge in [0.2, 0.25) is 0 Å². The zero-order valence-electron chi connectivity index (χ0n) is 16.6. The number of carboxylic acid groups (broad SMARTS) is 1. The fourth-order valence-electron chi connectivity index (χ4n) is 2.79. The number of amides is 1. The minimum Gasteiger partial charge on any atom is -0.478 e. The Morgan fingerprint density at radius 3 is 2.25 bits per heavy atom. The molecule has 3 aromatic rings. The molecule has 2 N–H and O–H groups in total. The second kappa shape index (κ2) is 9.84. The monoisotopic (exact) mass is 455 g/mol. The summed E-state index contributed by atoms with van der Waals surface area (Å²) in [7, 11) is -4.14. The highest BCUT2D eigenvalue weighted by atomic mass is 32.2. The van der Waals surface area contributed by atoms with Gasteiger partial charge < -0.3 is 5.11 Å². The largest absolute Gasteiger partial charge is 0.478 e. The molecule has 0 saturated carbocycles. The van der Waals surface area contributed by atoms with E-state index in [1.54, 1.807) is 30.3 Å². The van der Waals surface area contributed by atoms with E-state index in [0.29, 0.717) is 0 Å². The van der Waals surface area contributed by atoms with Gasteiger partial charge in [-0.2, -0.15) is 5.10 Å². The predicted molar refractivity (Wildman–Crippen MR) is 117 cm³/mol. The summed E-state index contributed by atoms with van der Waals surface area (Å²) in [5.74, 6) is -2.50. The van der Waals surface area contributed by atoms with Gasteiger partial charge in [0.1, 0.15) is 12.4 Å². The topological polar surface area (TPSA) is 116 Å². The Morgan fingerprint density at radius 2 is 1.59 bits per heavy atom. The molecule has 3 rings (SSSR count). The van der Waals surface area contributed by atoms with Gasteiger partial charge in [0, 0.05) is 5.56 Å². The highest BCUT2D eigenvalue weighted by molar-refractivity contribution is 7.92. The number of hydrogen-bond donors (Lipinski definition) is 2. The van der Waals surface area contributed by atoms with Crippen LogP contribution >= 0.6 is 0 Å². The van der Waals surface area contributed by atoms with Gasteiger partial charge in [0.05, 0.1) is 22.4 Å². The Morgan fingerprint density at radius 1 is 0.969 bits per heavy atom. The number of halogens is 1. The van der Waals surface area contributed by atoms with Crippen molar-refractivity contribution in [2.75, 3.05) is 10.8 Å². The summed E-state index contributed by atoms with van der Waals surface area (Å²) in [5.41, 5.74) is 2.53. The number of hydrazone groups is 1. The van der Waals surface area contributed by atoms with Gasteiger partial charge in [0.15, 0.2) is 0 Å². The lowest BCUT2D eigenvalue weighted by Crippen LogP contribution is -2.39. The summed E-state index contributed by atoms with van der Waals surface area (Å²) >= 11 is 0. The summed E-state index contributed by atoms with van der Waals surface area (Å²) in [6.45, 7) is -0.638. The molecule has 0 atom stereocenters. The number of nitrogens with one attached hydrogen (secondary N) is 1. The van der Waals surface area contributed by atoms with Crippen LogP contribution in [0, 0.1) is 5.82 Å². The van der Waals surface area contributed by atoms with E-state index in [1.807, 2.05) is 0 Å². The van der Waals surface area contributed by atoms with E-state index in [4.69, 9.17) is 0 Å². The van der Waals surface area contributed by atoms with E-state index in [0.717, 1.165) is 22.7 Å². The first-order chi connectivity index (χ1) is 15.3. The first kappa shape index (κ1) is 22.6. The van der Waals surface area contributed by atoms with E-state index in [-0.39, 0.29) is 21.7 Å². The minimum absolute atomic E-state index is 0.00917. The van der Waals surface area contributed by atoms with Crippen LogP contribution in [0.2, 0.25) is 0 Å². The molecule has 0 aliphatic rings. The van der Waals surface area contributed by atoms with Crippen LogP contribution in [0.3, 0.4) is 0 Å². The molecule has 164 valence electrons. The smallest absolute Gasteiger partial charge is 0.336 e. The van der Waals surface area contributed by atoms with Crippen LogP contribution < -0.4 is 9.73 Å². The Labute approximate surface area is 183 Å². The first-order valence-corrected chi connectivity index (χ1v) is 10.7. The zero-order chi connectivity index (χ0) is 23.1. The van der Waals surface area contributed by atoms with Crippen LogP contribution in [0.5, 0.6) is 0 Å². The van der Waals surface area contributed by atoms with Crippen molar-refractivity contribution in [3.8, 4) is 0 Å². The first-order valence-electron chi connectivity index (χ1n) is 9.26. The third kappa shape index (κ3) is 5.35. The van der Waals surface area contributed by atoms with Crippen LogP contribution in [-0.2, 0) is 14.8 Å². The lowest BCUT2D eigenvalue weighted by atomic mass is 10.1. The minimum atomic E-state index is -4.14. The highest BCUT2D eigenvalue weighted by Crippen LogP contribution is 2.23. The molecule has 32 heavy (non-hydrogen) atoms. The fourth-order valence-corrected chi connectivity index (χ4v) is 4.23. The highest BCUT2D eigenvalue weighted by Gasteiger charge is 2.27. The Bertz CT molecular complexity index is 1250. The average Bonchev–Trinajstić information content (AvgIpc) is 2.79. The molecule has 0 radical (unpaired) electrons. The molecule has 0 aliphatic heterocycles. The molecule has 0 saturated heterocycles. The van der Waals surface area contributed by atoms with Crippen molar-refractivity contribution in [3.05, 3.63) is 95.8 Å². The van der Waals surface area contributed by atoms with Crippen molar-refractivity contribution < 1.29 is 27.5 Å². The number of anilines is 1. The number of hydrogen-bond acceptors (Lipinski definition) is 5. The van der Waals surface area contributed by atoms with Gasteiger partial charge >= 0.3 is 5.97 Å². The number of carbonyl (C=O) groups is 2. The fraction of sp³-hybridized carbons (Fsp3) is 0.0455. The Hall–Kier alpha value is -4.05. The maximum Gasteiger partial charge on any atom is 0.336 e.